The number of hydrogen-bond donors (Lipinski definition) is 1. The number of fused-ring (bicyclic) bond motifs is 1. The van der Waals surface area contributed by atoms with Crippen molar-refractivity contribution in [3.05, 3.63) is 29.8 Å². The fraction of sp³-hybridized carbons (Fsp3) is 0.619. The number of nitrogens with zero attached hydrogens (tertiary/aromatic N) is 1. The van der Waals surface area contributed by atoms with E-state index in [-0.39, 0.29) is 34.4 Å². The minimum atomic E-state index is -4.69. The maximum absolute atomic E-state index is 12.9. The van der Waals surface area contributed by atoms with Gasteiger partial charge >= 0.3 is 6.36 Å². The number of rotatable bonds is 3. The highest BCUT2D eigenvalue weighted by Gasteiger charge is 2.59. The van der Waals surface area contributed by atoms with Crippen molar-refractivity contribution in [2.45, 2.75) is 55.8 Å². The molecule has 5 nitrogen and oxygen atoms in total. The first-order valence-corrected chi connectivity index (χ1v) is 10.1. The van der Waals surface area contributed by atoms with Gasteiger partial charge in [-0.15, -0.1) is 13.2 Å². The van der Waals surface area contributed by atoms with Crippen LogP contribution < -0.4 is 10.1 Å². The summed E-state index contributed by atoms with van der Waals surface area (Å²) in [7, 11) is 0. The second kappa shape index (κ2) is 6.12. The fourth-order valence-electron chi connectivity index (χ4n) is 5.70. The van der Waals surface area contributed by atoms with Crippen LogP contribution in [0.2, 0.25) is 0 Å². The minimum Gasteiger partial charge on any atom is -0.406 e. The van der Waals surface area contributed by atoms with Crippen LogP contribution in [0.15, 0.2) is 24.3 Å². The van der Waals surface area contributed by atoms with Gasteiger partial charge in [-0.2, -0.15) is 0 Å². The number of ether oxygens (including phenoxy) is 1. The summed E-state index contributed by atoms with van der Waals surface area (Å²) in [4.78, 5) is 26.3. The van der Waals surface area contributed by atoms with Crippen molar-refractivity contribution in [3.8, 4) is 5.75 Å². The van der Waals surface area contributed by atoms with Gasteiger partial charge in [-0.3, -0.25) is 9.59 Å². The van der Waals surface area contributed by atoms with Crippen molar-refractivity contribution in [1.82, 2.24) is 10.2 Å². The molecule has 2 aliphatic carbocycles. The predicted molar refractivity (Wildman–Crippen MR) is 96.9 cm³/mol. The highest BCUT2D eigenvalue weighted by Crippen LogP contribution is 2.59. The van der Waals surface area contributed by atoms with Crippen LogP contribution in [0.3, 0.4) is 0 Å². The molecular formula is C21H23F3N2O3. The normalized spacial score (nSPS) is 35.7. The standard InChI is InChI=1S/C21H23F3N2O3/c22-21(23,24)29-16-3-1-14(2-4-16)20-7-8-26(12-15(20)11-20)18(28)13-9-19(10-13)6-5-17(27)25-19/h1-4,13,15H,5-12H2,(H,25,27)/t13-,15?,19+,20-/m0/s1. The topological polar surface area (TPSA) is 58.6 Å². The third-order valence-corrected chi connectivity index (χ3v) is 7.33. The molecule has 2 atom stereocenters. The molecule has 156 valence electrons. The fourth-order valence-corrected chi connectivity index (χ4v) is 5.70. The van der Waals surface area contributed by atoms with E-state index in [1.54, 1.807) is 12.1 Å². The van der Waals surface area contributed by atoms with Crippen molar-refractivity contribution < 1.29 is 27.5 Å². The molecule has 8 heteroatoms. The van der Waals surface area contributed by atoms with Crippen molar-refractivity contribution in [2.24, 2.45) is 11.8 Å². The second-order valence-electron chi connectivity index (χ2n) is 9.10. The molecule has 1 unspecified atom stereocenters. The monoisotopic (exact) mass is 408 g/mol. The molecule has 5 rings (SSSR count). The predicted octanol–water partition coefficient (Wildman–Crippen LogP) is 3.13. The number of amides is 2. The van der Waals surface area contributed by atoms with Gasteiger partial charge in [0, 0.05) is 36.4 Å². The molecular weight excluding hydrogens is 385 g/mol. The molecule has 1 aromatic carbocycles. The van der Waals surface area contributed by atoms with E-state index in [2.05, 4.69) is 10.1 Å². The minimum absolute atomic E-state index is 0.00143. The van der Waals surface area contributed by atoms with E-state index < -0.39 is 6.36 Å². The van der Waals surface area contributed by atoms with Gasteiger partial charge in [0.2, 0.25) is 11.8 Å². The lowest BCUT2D eigenvalue weighted by molar-refractivity contribution is -0.274. The van der Waals surface area contributed by atoms with Gasteiger partial charge in [-0.05, 0) is 55.7 Å². The maximum Gasteiger partial charge on any atom is 0.573 e. The van der Waals surface area contributed by atoms with E-state index in [1.807, 2.05) is 4.90 Å². The average Bonchev–Trinajstić information content (AvgIpc) is 3.24. The van der Waals surface area contributed by atoms with Gasteiger partial charge in [0.15, 0.2) is 0 Å². The lowest BCUT2D eigenvalue weighted by Crippen LogP contribution is -2.57. The van der Waals surface area contributed by atoms with E-state index in [0.717, 1.165) is 37.7 Å². The average molecular weight is 408 g/mol. The van der Waals surface area contributed by atoms with Crippen LogP contribution in [0.25, 0.3) is 0 Å². The Kier molecular flexibility index (Phi) is 3.96. The summed E-state index contributed by atoms with van der Waals surface area (Å²) in [5.74, 6) is 0.420. The Balaban J connectivity index is 1.18. The van der Waals surface area contributed by atoms with Crippen molar-refractivity contribution in [3.63, 3.8) is 0 Å². The van der Waals surface area contributed by atoms with E-state index in [4.69, 9.17) is 0 Å². The Morgan fingerprint density at radius 1 is 1.14 bits per heavy atom. The molecule has 1 spiro atoms. The SMILES string of the molecule is O=C1CC[C@]2(C[C@H](C(=O)N3CC[C@@]4(c5ccc(OC(F)(F)F)cc5)CC4C3)C2)N1. The number of halogens is 3. The highest BCUT2D eigenvalue weighted by atomic mass is 19.4. The summed E-state index contributed by atoms with van der Waals surface area (Å²) >= 11 is 0. The molecule has 2 heterocycles. The molecule has 0 aromatic heterocycles. The van der Waals surface area contributed by atoms with Crippen LogP contribution in [-0.4, -0.2) is 41.7 Å². The van der Waals surface area contributed by atoms with Crippen LogP contribution in [0.1, 0.15) is 44.1 Å². The zero-order valence-electron chi connectivity index (χ0n) is 15.9. The molecule has 2 saturated carbocycles. The summed E-state index contributed by atoms with van der Waals surface area (Å²) in [5.41, 5.74) is 0.866. The largest absolute Gasteiger partial charge is 0.573 e. The third-order valence-electron chi connectivity index (χ3n) is 7.33. The Bertz CT molecular complexity index is 848. The number of hydrogen-bond acceptors (Lipinski definition) is 3. The van der Waals surface area contributed by atoms with E-state index in [0.29, 0.717) is 25.4 Å². The van der Waals surface area contributed by atoms with Crippen LogP contribution in [0.4, 0.5) is 13.2 Å². The first-order valence-electron chi connectivity index (χ1n) is 10.1. The first-order chi connectivity index (χ1) is 13.7. The van der Waals surface area contributed by atoms with Gasteiger partial charge in [-0.25, -0.2) is 0 Å². The second-order valence-corrected chi connectivity index (χ2v) is 9.10. The zero-order chi connectivity index (χ0) is 20.4. The number of alkyl halides is 3. The Morgan fingerprint density at radius 2 is 1.86 bits per heavy atom. The Labute approximate surface area is 166 Å². The van der Waals surface area contributed by atoms with E-state index in [9.17, 15) is 22.8 Å². The summed E-state index contributed by atoms with van der Waals surface area (Å²) in [5, 5.41) is 3.03. The number of carbonyl (C=O) groups excluding carboxylic acids is 2. The smallest absolute Gasteiger partial charge is 0.406 e. The van der Waals surface area contributed by atoms with Crippen LogP contribution in [-0.2, 0) is 15.0 Å². The molecule has 4 aliphatic rings. The number of nitrogens with one attached hydrogen (secondary N) is 1. The number of likely N-dealkylation sites (tertiary alicyclic amines) is 1. The van der Waals surface area contributed by atoms with Gasteiger partial charge in [0.25, 0.3) is 0 Å². The summed E-state index contributed by atoms with van der Waals surface area (Å²) < 4.78 is 41.0. The molecule has 4 fully saturated rings. The van der Waals surface area contributed by atoms with E-state index >= 15 is 0 Å². The zero-order valence-corrected chi connectivity index (χ0v) is 15.9. The molecule has 29 heavy (non-hydrogen) atoms. The first kappa shape index (κ1) is 18.8. The van der Waals surface area contributed by atoms with Crippen molar-refractivity contribution in [1.29, 1.82) is 0 Å². The molecule has 1 aromatic rings. The molecule has 2 saturated heterocycles. The van der Waals surface area contributed by atoms with Gasteiger partial charge in [0.1, 0.15) is 5.75 Å². The highest BCUT2D eigenvalue weighted by molar-refractivity contribution is 5.84. The molecule has 2 amide bonds. The Morgan fingerprint density at radius 3 is 2.45 bits per heavy atom. The molecule has 0 radical (unpaired) electrons. The molecule has 1 N–H and O–H groups in total. The summed E-state index contributed by atoms with van der Waals surface area (Å²) in [6.45, 7) is 1.38. The van der Waals surface area contributed by atoms with Gasteiger partial charge in [-0.1, -0.05) is 12.1 Å². The summed E-state index contributed by atoms with van der Waals surface area (Å²) in [6.07, 6.45) is -0.0278. The van der Waals surface area contributed by atoms with Crippen molar-refractivity contribution >= 4 is 11.8 Å². The van der Waals surface area contributed by atoms with Crippen molar-refractivity contribution in [2.75, 3.05) is 13.1 Å². The maximum atomic E-state index is 12.9. The summed E-state index contributed by atoms with van der Waals surface area (Å²) in [6, 6.07) is 6.18. The number of carbonyl (C=O) groups is 2. The van der Waals surface area contributed by atoms with E-state index in [1.165, 1.54) is 12.1 Å². The number of benzene rings is 1. The van der Waals surface area contributed by atoms with Crippen LogP contribution >= 0.6 is 0 Å². The van der Waals surface area contributed by atoms with Crippen LogP contribution in [0, 0.1) is 11.8 Å². The molecule has 0 bridgehead atoms. The molecule has 2 aliphatic heterocycles. The third kappa shape index (κ3) is 3.26. The lowest BCUT2D eigenvalue weighted by Gasteiger charge is -2.46. The van der Waals surface area contributed by atoms with Gasteiger partial charge in [0.05, 0.1) is 0 Å². The number of piperidine rings is 1. The Hall–Kier alpha value is -2.25. The van der Waals surface area contributed by atoms with Crippen LogP contribution in [0.5, 0.6) is 5.75 Å². The van der Waals surface area contributed by atoms with Gasteiger partial charge < -0.3 is 15.0 Å². The quantitative estimate of drug-likeness (QED) is 0.836. The lowest BCUT2D eigenvalue weighted by atomic mass is 9.67.